The minimum absolute atomic E-state index is 0.219. The van der Waals surface area contributed by atoms with E-state index in [1.54, 1.807) is 13.2 Å². The zero-order chi connectivity index (χ0) is 11.1. The predicted octanol–water partition coefficient (Wildman–Crippen LogP) is 1.71. The first kappa shape index (κ1) is 9.90. The van der Waals surface area contributed by atoms with Crippen LogP contribution in [0, 0.1) is 5.82 Å². The van der Waals surface area contributed by atoms with Gasteiger partial charge in [0.05, 0.1) is 12.8 Å². The van der Waals surface area contributed by atoms with E-state index in [0.717, 1.165) is 30.8 Å². The van der Waals surface area contributed by atoms with E-state index in [4.69, 9.17) is 4.74 Å². The summed E-state index contributed by atoms with van der Waals surface area (Å²) in [4.78, 5) is 0. The highest BCUT2D eigenvalue weighted by atomic mass is 19.1. The lowest BCUT2D eigenvalue weighted by molar-refractivity contribution is 0.413. The molecule has 2 atom stereocenters. The van der Waals surface area contributed by atoms with E-state index >= 15 is 0 Å². The van der Waals surface area contributed by atoms with Crippen molar-refractivity contribution in [3.8, 4) is 5.75 Å². The number of hydrogen-bond acceptors (Lipinski definition) is 3. The smallest absolute Gasteiger partial charge is 0.145 e. The molecule has 0 spiro atoms. The van der Waals surface area contributed by atoms with Crippen LogP contribution in [0.1, 0.15) is 17.9 Å². The molecule has 0 bridgehead atoms. The van der Waals surface area contributed by atoms with Gasteiger partial charge in [0.2, 0.25) is 0 Å². The van der Waals surface area contributed by atoms with E-state index < -0.39 is 0 Å². The molecule has 1 fully saturated rings. The van der Waals surface area contributed by atoms with Crippen molar-refractivity contribution in [2.24, 2.45) is 0 Å². The first-order valence-electron chi connectivity index (χ1n) is 5.64. The molecule has 16 heavy (non-hydrogen) atoms. The summed E-state index contributed by atoms with van der Waals surface area (Å²) >= 11 is 0. The summed E-state index contributed by atoms with van der Waals surface area (Å²) in [5.41, 5.74) is 2.02. The van der Waals surface area contributed by atoms with E-state index in [0.29, 0.717) is 17.7 Å². The molecular formula is C12H15FN2O. The standard InChI is InChI=1S/C12H15FN2O/c1-16-11-5-7(13)4-8-9-6-14-3-2-10(9)15-12(8)11/h4-5,9-10,14-15H,2-3,6H2,1H3. The number of fused-ring (bicyclic) bond motifs is 3. The molecule has 86 valence electrons. The van der Waals surface area contributed by atoms with Gasteiger partial charge >= 0.3 is 0 Å². The second-order valence-electron chi connectivity index (χ2n) is 4.42. The average molecular weight is 222 g/mol. The van der Waals surface area contributed by atoms with Crippen molar-refractivity contribution < 1.29 is 9.13 Å². The molecule has 2 aliphatic heterocycles. The normalized spacial score (nSPS) is 26.9. The Balaban J connectivity index is 2.07. The molecule has 2 unspecified atom stereocenters. The molecule has 3 rings (SSSR count). The lowest BCUT2D eigenvalue weighted by atomic mass is 9.90. The highest BCUT2D eigenvalue weighted by Gasteiger charge is 2.36. The first-order chi connectivity index (χ1) is 7.79. The van der Waals surface area contributed by atoms with Crippen LogP contribution in [0.15, 0.2) is 12.1 Å². The van der Waals surface area contributed by atoms with Gasteiger partial charge < -0.3 is 15.4 Å². The van der Waals surface area contributed by atoms with E-state index in [1.165, 1.54) is 6.07 Å². The summed E-state index contributed by atoms with van der Waals surface area (Å²) in [7, 11) is 1.58. The molecule has 2 N–H and O–H groups in total. The number of benzene rings is 1. The Morgan fingerprint density at radius 3 is 3.12 bits per heavy atom. The van der Waals surface area contributed by atoms with Crippen LogP contribution in [0.4, 0.5) is 10.1 Å². The molecule has 0 radical (unpaired) electrons. The fourth-order valence-electron chi connectivity index (χ4n) is 2.75. The molecule has 1 saturated heterocycles. The second kappa shape index (κ2) is 3.63. The monoisotopic (exact) mass is 222 g/mol. The van der Waals surface area contributed by atoms with E-state index in [9.17, 15) is 4.39 Å². The SMILES string of the molecule is COc1cc(F)cc2c1NC1CCNCC21. The van der Waals surface area contributed by atoms with Gasteiger partial charge in [-0.3, -0.25) is 0 Å². The molecule has 0 amide bonds. The molecule has 1 aromatic carbocycles. The molecule has 0 aromatic heterocycles. The van der Waals surface area contributed by atoms with Crippen LogP contribution < -0.4 is 15.4 Å². The minimum atomic E-state index is -0.219. The number of methoxy groups -OCH3 is 1. The van der Waals surface area contributed by atoms with E-state index in [1.807, 2.05) is 0 Å². The summed E-state index contributed by atoms with van der Waals surface area (Å²) in [6.45, 7) is 1.93. The van der Waals surface area contributed by atoms with Gasteiger partial charge in [-0.2, -0.15) is 0 Å². The van der Waals surface area contributed by atoms with E-state index in [2.05, 4.69) is 10.6 Å². The fourth-order valence-corrected chi connectivity index (χ4v) is 2.75. The fraction of sp³-hybridized carbons (Fsp3) is 0.500. The summed E-state index contributed by atoms with van der Waals surface area (Å²) in [6.07, 6.45) is 1.07. The largest absolute Gasteiger partial charge is 0.494 e. The van der Waals surface area contributed by atoms with Gasteiger partial charge in [-0.25, -0.2) is 4.39 Å². The van der Waals surface area contributed by atoms with Gasteiger partial charge in [-0.1, -0.05) is 0 Å². The third-order valence-corrected chi connectivity index (χ3v) is 3.53. The maximum absolute atomic E-state index is 13.4. The van der Waals surface area contributed by atoms with Crippen molar-refractivity contribution >= 4 is 5.69 Å². The molecule has 1 aromatic rings. The molecular weight excluding hydrogens is 207 g/mol. The summed E-state index contributed by atoms with van der Waals surface area (Å²) in [6, 6.07) is 3.49. The lowest BCUT2D eigenvalue weighted by Gasteiger charge is -2.26. The van der Waals surface area contributed by atoms with Crippen LogP contribution in [0.3, 0.4) is 0 Å². The molecule has 2 aliphatic rings. The van der Waals surface area contributed by atoms with Gasteiger partial charge in [-0.05, 0) is 24.6 Å². The Morgan fingerprint density at radius 2 is 2.31 bits per heavy atom. The number of piperidine rings is 1. The Morgan fingerprint density at radius 1 is 1.44 bits per heavy atom. The summed E-state index contributed by atoms with van der Waals surface area (Å²) in [5, 5.41) is 6.80. The van der Waals surface area contributed by atoms with Crippen LogP contribution in [-0.4, -0.2) is 26.2 Å². The maximum Gasteiger partial charge on any atom is 0.145 e. The Labute approximate surface area is 94.0 Å². The third-order valence-electron chi connectivity index (χ3n) is 3.53. The van der Waals surface area contributed by atoms with Crippen LogP contribution in [0.25, 0.3) is 0 Å². The van der Waals surface area contributed by atoms with Crippen molar-refractivity contribution in [2.45, 2.75) is 18.4 Å². The van der Waals surface area contributed by atoms with Crippen molar-refractivity contribution in [1.82, 2.24) is 5.32 Å². The Hall–Kier alpha value is -1.29. The first-order valence-corrected chi connectivity index (χ1v) is 5.64. The minimum Gasteiger partial charge on any atom is -0.494 e. The van der Waals surface area contributed by atoms with Gasteiger partial charge in [0, 0.05) is 24.6 Å². The number of hydrogen-bond donors (Lipinski definition) is 2. The highest BCUT2D eigenvalue weighted by molar-refractivity contribution is 5.68. The number of rotatable bonds is 1. The maximum atomic E-state index is 13.4. The number of halogens is 1. The van der Waals surface area contributed by atoms with Crippen LogP contribution >= 0.6 is 0 Å². The summed E-state index contributed by atoms with van der Waals surface area (Å²) < 4.78 is 18.7. The number of ether oxygens (including phenoxy) is 1. The molecule has 3 nitrogen and oxygen atoms in total. The predicted molar refractivity (Wildman–Crippen MR) is 60.6 cm³/mol. The Kier molecular flexibility index (Phi) is 2.24. The third kappa shape index (κ3) is 1.37. The van der Waals surface area contributed by atoms with Crippen molar-refractivity contribution in [2.75, 3.05) is 25.5 Å². The van der Waals surface area contributed by atoms with Crippen LogP contribution in [0.2, 0.25) is 0 Å². The van der Waals surface area contributed by atoms with E-state index in [-0.39, 0.29) is 5.82 Å². The second-order valence-corrected chi connectivity index (χ2v) is 4.42. The Bertz CT molecular complexity index is 422. The van der Waals surface area contributed by atoms with Gasteiger partial charge in [0.15, 0.2) is 0 Å². The number of anilines is 1. The topological polar surface area (TPSA) is 33.3 Å². The van der Waals surface area contributed by atoms with Gasteiger partial charge in [0.25, 0.3) is 0 Å². The quantitative estimate of drug-likeness (QED) is 0.759. The summed E-state index contributed by atoms with van der Waals surface area (Å²) in [5.74, 6) is 0.765. The molecule has 2 heterocycles. The van der Waals surface area contributed by atoms with Gasteiger partial charge in [0.1, 0.15) is 11.6 Å². The zero-order valence-electron chi connectivity index (χ0n) is 9.22. The molecule has 0 saturated carbocycles. The average Bonchev–Trinajstić information content (AvgIpc) is 2.67. The van der Waals surface area contributed by atoms with Crippen molar-refractivity contribution in [3.05, 3.63) is 23.5 Å². The van der Waals surface area contributed by atoms with Crippen LogP contribution in [0.5, 0.6) is 5.75 Å². The number of nitrogens with one attached hydrogen (secondary N) is 2. The van der Waals surface area contributed by atoms with Crippen molar-refractivity contribution in [1.29, 1.82) is 0 Å². The molecule has 4 heteroatoms. The zero-order valence-corrected chi connectivity index (χ0v) is 9.22. The molecule has 0 aliphatic carbocycles. The van der Waals surface area contributed by atoms with Crippen LogP contribution in [-0.2, 0) is 0 Å². The van der Waals surface area contributed by atoms with Gasteiger partial charge in [-0.15, -0.1) is 0 Å². The lowest BCUT2D eigenvalue weighted by Crippen LogP contribution is -2.38. The van der Waals surface area contributed by atoms with Crippen molar-refractivity contribution in [3.63, 3.8) is 0 Å². The highest BCUT2D eigenvalue weighted by Crippen LogP contribution is 2.43.